The lowest BCUT2D eigenvalue weighted by Gasteiger charge is -2.26. The number of ether oxygens (including phenoxy) is 1. The summed E-state index contributed by atoms with van der Waals surface area (Å²) < 4.78 is 24.6. The van der Waals surface area contributed by atoms with Crippen LogP contribution in [-0.2, 0) is 11.3 Å². The summed E-state index contributed by atoms with van der Waals surface area (Å²) in [7, 11) is 0. The maximum Gasteiger partial charge on any atom is 0.437 e. The van der Waals surface area contributed by atoms with Crippen LogP contribution in [0.2, 0.25) is 0 Å². The predicted molar refractivity (Wildman–Crippen MR) is 93.6 cm³/mol. The maximum absolute atomic E-state index is 13.0. The molecule has 27 heavy (non-hydrogen) atoms. The molecule has 0 saturated heterocycles. The van der Waals surface area contributed by atoms with Crippen LogP contribution in [-0.4, -0.2) is 22.3 Å². The number of nitrogens with one attached hydrogen (secondary N) is 1. The number of hydrogen-bond acceptors (Lipinski definition) is 5. The number of rotatable bonds is 4. The minimum Gasteiger partial charge on any atom is -0.493 e. The molecule has 1 atom stereocenters. The van der Waals surface area contributed by atoms with Gasteiger partial charge < -0.3 is 14.5 Å². The van der Waals surface area contributed by atoms with E-state index in [0.717, 1.165) is 16.0 Å². The van der Waals surface area contributed by atoms with Crippen LogP contribution in [0, 0.1) is 5.82 Å². The van der Waals surface area contributed by atoms with Gasteiger partial charge in [0.1, 0.15) is 18.1 Å². The van der Waals surface area contributed by atoms with Gasteiger partial charge in [-0.05, 0) is 30.3 Å². The van der Waals surface area contributed by atoms with E-state index in [1.807, 2.05) is 24.3 Å². The van der Waals surface area contributed by atoms with Gasteiger partial charge in [-0.15, -0.1) is 5.10 Å². The molecule has 1 aromatic heterocycles. The first-order valence-corrected chi connectivity index (χ1v) is 8.45. The molecule has 3 aromatic rings. The highest BCUT2D eigenvalue weighted by Gasteiger charge is 2.23. The van der Waals surface area contributed by atoms with Gasteiger partial charge in [-0.2, -0.15) is 4.68 Å². The minimum atomic E-state index is -0.753. The Morgan fingerprint density at radius 2 is 2.00 bits per heavy atom. The van der Waals surface area contributed by atoms with Crippen LogP contribution in [0.1, 0.15) is 18.0 Å². The highest BCUT2D eigenvalue weighted by atomic mass is 19.1. The zero-order valence-electron chi connectivity index (χ0n) is 14.2. The highest BCUT2D eigenvalue weighted by molar-refractivity contribution is 5.76. The number of amides is 1. The van der Waals surface area contributed by atoms with Crippen molar-refractivity contribution in [2.75, 3.05) is 6.61 Å². The lowest BCUT2D eigenvalue weighted by atomic mass is 10.0. The van der Waals surface area contributed by atoms with Crippen molar-refractivity contribution in [2.45, 2.75) is 19.0 Å². The smallest absolute Gasteiger partial charge is 0.437 e. The summed E-state index contributed by atoms with van der Waals surface area (Å²) in [6.45, 7) is 0.226. The molecule has 1 aliphatic heterocycles. The standard InChI is InChI=1S/C19H16FN3O4/c20-13-7-5-12(6-8-13)18-22-23(19(25)27-18)11-17(24)21-15-9-10-26-16-4-2-1-3-14(15)16/h1-8,15H,9-11H2,(H,21,24)/t15-/m0/s1. The first-order chi connectivity index (χ1) is 13.1. The van der Waals surface area contributed by atoms with E-state index in [1.165, 1.54) is 24.3 Å². The van der Waals surface area contributed by atoms with Crippen LogP contribution in [0.15, 0.2) is 57.7 Å². The van der Waals surface area contributed by atoms with E-state index in [1.54, 1.807) is 0 Å². The fraction of sp³-hybridized carbons (Fsp3) is 0.211. The Kier molecular flexibility index (Phi) is 4.45. The third kappa shape index (κ3) is 3.59. The molecule has 0 unspecified atom stereocenters. The van der Waals surface area contributed by atoms with Crippen LogP contribution in [0.5, 0.6) is 5.75 Å². The molecular formula is C19H16FN3O4. The number of carbonyl (C=O) groups is 1. The molecule has 0 aliphatic carbocycles. The molecule has 1 aliphatic rings. The Hall–Kier alpha value is -3.42. The number of nitrogens with zero attached hydrogens (tertiary/aromatic N) is 2. The van der Waals surface area contributed by atoms with Crippen molar-refractivity contribution >= 4 is 5.91 Å². The lowest BCUT2D eigenvalue weighted by molar-refractivity contribution is -0.122. The summed E-state index contributed by atoms with van der Waals surface area (Å²) in [6.07, 6.45) is 0.636. The number of para-hydroxylation sites is 1. The first kappa shape index (κ1) is 17.0. The average Bonchev–Trinajstić information content (AvgIpc) is 3.03. The van der Waals surface area contributed by atoms with Gasteiger partial charge in [0.15, 0.2) is 0 Å². The molecule has 0 saturated carbocycles. The summed E-state index contributed by atoms with van der Waals surface area (Å²) in [5, 5.41) is 6.91. The van der Waals surface area contributed by atoms with E-state index < -0.39 is 11.6 Å². The zero-order valence-corrected chi connectivity index (χ0v) is 14.2. The summed E-state index contributed by atoms with van der Waals surface area (Å²) in [5.74, 6) is -0.748. The van der Waals surface area contributed by atoms with Crippen LogP contribution < -0.4 is 15.8 Å². The predicted octanol–water partition coefficient (Wildman–Crippen LogP) is 2.28. The molecule has 1 amide bonds. The van der Waals surface area contributed by atoms with Crippen molar-refractivity contribution in [3.63, 3.8) is 0 Å². The van der Waals surface area contributed by atoms with Crippen molar-refractivity contribution in [1.29, 1.82) is 0 Å². The SMILES string of the molecule is O=C(Cn1nc(-c2ccc(F)cc2)oc1=O)N[C@H]1CCOc2ccccc21. The molecule has 0 spiro atoms. The Bertz CT molecular complexity index is 1030. The van der Waals surface area contributed by atoms with Crippen LogP contribution in [0.25, 0.3) is 11.5 Å². The molecule has 138 valence electrons. The molecule has 7 nitrogen and oxygen atoms in total. The van der Waals surface area contributed by atoms with E-state index in [0.29, 0.717) is 18.6 Å². The van der Waals surface area contributed by atoms with E-state index in [4.69, 9.17) is 9.15 Å². The second kappa shape index (κ2) is 7.06. The lowest BCUT2D eigenvalue weighted by Crippen LogP contribution is -2.36. The fourth-order valence-corrected chi connectivity index (χ4v) is 2.98. The number of aromatic nitrogens is 2. The largest absolute Gasteiger partial charge is 0.493 e. The van der Waals surface area contributed by atoms with Crippen molar-refractivity contribution in [3.05, 3.63) is 70.5 Å². The number of benzene rings is 2. The Labute approximate surface area is 153 Å². The summed E-state index contributed by atoms with van der Waals surface area (Å²) in [6, 6.07) is 12.7. The van der Waals surface area contributed by atoms with E-state index in [-0.39, 0.29) is 24.4 Å². The molecule has 2 heterocycles. The molecule has 2 aromatic carbocycles. The van der Waals surface area contributed by atoms with Gasteiger partial charge in [-0.25, -0.2) is 9.18 Å². The van der Waals surface area contributed by atoms with Gasteiger partial charge in [0, 0.05) is 17.5 Å². The maximum atomic E-state index is 13.0. The molecular weight excluding hydrogens is 353 g/mol. The Morgan fingerprint density at radius 1 is 1.22 bits per heavy atom. The zero-order chi connectivity index (χ0) is 18.8. The Balaban J connectivity index is 1.48. The second-order valence-corrected chi connectivity index (χ2v) is 6.13. The number of hydrogen-bond donors (Lipinski definition) is 1. The van der Waals surface area contributed by atoms with E-state index >= 15 is 0 Å². The van der Waals surface area contributed by atoms with Gasteiger partial charge in [-0.3, -0.25) is 4.79 Å². The molecule has 0 bridgehead atoms. The molecule has 0 radical (unpaired) electrons. The van der Waals surface area contributed by atoms with Crippen molar-refractivity contribution in [2.24, 2.45) is 0 Å². The topological polar surface area (TPSA) is 86.4 Å². The number of fused-ring (bicyclic) bond motifs is 1. The summed E-state index contributed by atoms with van der Waals surface area (Å²) >= 11 is 0. The third-order valence-electron chi connectivity index (χ3n) is 4.28. The number of halogens is 1. The third-order valence-corrected chi connectivity index (χ3v) is 4.28. The first-order valence-electron chi connectivity index (χ1n) is 8.45. The van der Waals surface area contributed by atoms with Gasteiger partial charge in [0.2, 0.25) is 11.8 Å². The normalized spacial score (nSPS) is 15.7. The highest BCUT2D eigenvalue weighted by Crippen LogP contribution is 2.31. The second-order valence-electron chi connectivity index (χ2n) is 6.13. The molecule has 8 heteroatoms. The average molecular weight is 369 g/mol. The van der Waals surface area contributed by atoms with Gasteiger partial charge in [0.25, 0.3) is 0 Å². The van der Waals surface area contributed by atoms with Gasteiger partial charge in [0.05, 0.1) is 12.6 Å². The van der Waals surface area contributed by atoms with Crippen LogP contribution in [0.4, 0.5) is 4.39 Å². The van der Waals surface area contributed by atoms with E-state index in [9.17, 15) is 14.0 Å². The van der Waals surface area contributed by atoms with Crippen molar-refractivity contribution in [1.82, 2.24) is 15.1 Å². The van der Waals surface area contributed by atoms with Gasteiger partial charge >= 0.3 is 5.76 Å². The quantitative estimate of drug-likeness (QED) is 0.763. The van der Waals surface area contributed by atoms with Crippen molar-refractivity contribution in [3.8, 4) is 17.2 Å². The van der Waals surface area contributed by atoms with Gasteiger partial charge in [-0.1, -0.05) is 18.2 Å². The summed E-state index contributed by atoms with van der Waals surface area (Å²) in [5.41, 5.74) is 1.35. The summed E-state index contributed by atoms with van der Waals surface area (Å²) in [4.78, 5) is 24.4. The van der Waals surface area contributed by atoms with E-state index in [2.05, 4.69) is 10.4 Å². The molecule has 4 rings (SSSR count). The number of carbonyl (C=O) groups excluding carboxylic acids is 1. The Morgan fingerprint density at radius 3 is 2.81 bits per heavy atom. The van der Waals surface area contributed by atoms with Crippen LogP contribution in [0.3, 0.4) is 0 Å². The fourth-order valence-electron chi connectivity index (χ4n) is 2.98. The monoisotopic (exact) mass is 369 g/mol. The molecule has 1 N–H and O–H groups in total. The minimum absolute atomic E-state index is 0.0317. The van der Waals surface area contributed by atoms with Crippen LogP contribution >= 0.6 is 0 Å². The van der Waals surface area contributed by atoms with Crippen molar-refractivity contribution < 1.29 is 18.3 Å². The molecule has 0 fully saturated rings.